The van der Waals surface area contributed by atoms with E-state index in [4.69, 9.17) is 4.74 Å². The van der Waals surface area contributed by atoms with E-state index >= 15 is 0 Å². The molecule has 5 rings (SSSR count). The van der Waals surface area contributed by atoms with Gasteiger partial charge in [-0.1, -0.05) is 35.5 Å². The van der Waals surface area contributed by atoms with Gasteiger partial charge in [0.1, 0.15) is 11.6 Å². The second-order valence-electron chi connectivity index (χ2n) is 7.87. The number of oxime groups is 1. The average Bonchev–Trinajstić information content (AvgIpc) is 2.86. The Hall–Kier alpha value is -4.13. The summed E-state index contributed by atoms with van der Waals surface area (Å²) in [6, 6.07) is 24.1. The Labute approximate surface area is 191 Å². The molecule has 1 saturated heterocycles. The molecule has 1 aromatic heterocycles. The van der Waals surface area contributed by atoms with Crippen molar-refractivity contribution in [3.8, 4) is 11.6 Å². The Morgan fingerprint density at radius 3 is 2.33 bits per heavy atom. The van der Waals surface area contributed by atoms with Crippen LogP contribution in [0.3, 0.4) is 0 Å². The molecule has 166 valence electrons. The molecule has 6 nitrogen and oxygen atoms in total. The number of fused-ring (bicyclic) bond motifs is 1. The largest absolute Gasteiger partial charge is 0.439 e. The highest BCUT2D eigenvalue weighted by Gasteiger charge is 2.22. The van der Waals surface area contributed by atoms with Crippen LogP contribution in [0.4, 0.5) is 10.1 Å². The molecule has 1 aliphatic heterocycles. The van der Waals surface area contributed by atoms with Gasteiger partial charge in [-0.2, -0.15) is 0 Å². The number of halogens is 1. The molecule has 1 N–H and O–H groups in total. The van der Waals surface area contributed by atoms with Gasteiger partial charge in [-0.05, 0) is 53.2 Å². The second-order valence-corrected chi connectivity index (χ2v) is 7.87. The maximum absolute atomic E-state index is 13.2. The van der Waals surface area contributed by atoms with Gasteiger partial charge in [-0.25, -0.2) is 9.37 Å². The second kappa shape index (κ2) is 9.16. The zero-order valence-electron chi connectivity index (χ0n) is 17.9. The lowest BCUT2D eigenvalue weighted by atomic mass is 10.1. The van der Waals surface area contributed by atoms with Crippen LogP contribution in [0.15, 0.2) is 90.2 Å². The predicted molar refractivity (Wildman–Crippen MR) is 127 cm³/mol. The molecular formula is C26H23FN4O2. The van der Waals surface area contributed by atoms with Crippen LogP contribution in [-0.4, -0.2) is 47.1 Å². The smallest absolute Gasteiger partial charge is 0.219 e. The number of piperazine rings is 1. The summed E-state index contributed by atoms with van der Waals surface area (Å²) >= 11 is 0. The number of rotatable bonds is 4. The highest BCUT2D eigenvalue weighted by atomic mass is 19.1. The van der Waals surface area contributed by atoms with Gasteiger partial charge in [0.05, 0.1) is 0 Å². The summed E-state index contributed by atoms with van der Waals surface area (Å²) in [6.45, 7) is 2.82. The van der Waals surface area contributed by atoms with Gasteiger partial charge in [0.15, 0.2) is 5.84 Å². The lowest BCUT2D eigenvalue weighted by Crippen LogP contribution is -2.49. The minimum absolute atomic E-state index is 0.243. The third-order valence-corrected chi connectivity index (χ3v) is 5.80. The van der Waals surface area contributed by atoms with Gasteiger partial charge in [0.25, 0.3) is 0 Å². The number of pyridine rings is 1. The third-order valence-electron chi connectivity index (χ3n) is 5.80. The Morgan fingerprint density at radius 1 is 0.879 bits per heavy atom. The molecule has 0 aliphatic carbocycles. The molecule has 1 aliphatic rings. The van der Waals surface area contributed by atoms with Gasteiger partial charge in [0.2, 0.25) is 5.88 Å². The highest BCUT2D eigenvalue weighted by Crippen LogP contribution is 2.25. The molecule has 0 atom stereocenters. The van der Waals surface area contributed by atoms with Crippen molar-refractivity contribution in [3.05, 3.63) is 96.4 Å². The molecule has 0 unspecified atom stereocenters. The van der Waals surface area contributed by atoms with Crippen LogP contribution >= 0.6 is 0 Å². The van der Waals surface area contributed by atoms with E-state index in [1.165, 1.54) is 12.1 Å². The Kier molecular flexibility index (Phi) is 5.76. The fourth-order valence-electron chi connectivity index (χ4n) is 4.06. The topological polar surface area (TPSA) is 61.2 Å². The third kappa shape index (κ3) is 4.57. The summed E-state index contributed by atoms with van der Waals surface area (Å²) in [6.07, 6.45) is 1.65. The number of nitrogens with zero attached hydrogens (tertiary/aromatic N) is 4. The summed E-state index contributed by atoms with van der Waals surface area (Å²) in [5.41, 5.74) is 1.69. The van der Waals surface area contributed by atoms with Crippen LogP contribution in [-0.2, 0) is 0 Å². The van der Waals surface area contributed by atoms with Crippen molar-refractivity contribution in [1.82, 2.24) is 9.88 Å². The predicted octanol–water partition coefficient (Wildman–Crippen LogP) is 5.12. The van der Waals surface area contributed by atoms with Crippen molar-refractivity contribution in [2.75, 3.05) is 31.1 Å². The van der Waals surface area contributed by atoms with E-state index in [1.54, 1.807) is 24.4 Å². The summed E-state index contributed by atoms with van der Waals surface area (Å²) in [5, 5.41) is 15.5. The number of benzene rings is 3. The van der Waals surface area contributed by atoms with Crippen molar-refractivity contribution in [3.63, 3.8) is 0 Å². The normalized spacial score (nSPS) is 14.5. The minimum Gasteiger partial charge on any atom is -0.439 e. The average molecular weight is 442 g/mol. The molecule has 33 heavy (non-hydrogen) atoms. The van der Waals surface area contributed by atoms with Gasteiger partial charge >= 0.3 is 0 Å². The van der Waals surface area contributed by atoms with Crippen molar-refractivity contribution in [2.45, 2.75) is 0 Å². The number of amidine groups is 1. The highest BCUT2D eigenvalue weighted by molar-refractivity contribution is 5.98. The molecule has 0 spiro atoms. The van der Waals surface area contributed by atoms with Crippen molar-refractivity contribution in [2.24, 2.45) is 5.16 Å². The van der Waals surface area contributed by atoms with Gasteiger partial charge in [-0.15, -0.1) is 0 Å². The first-order valence-electron chi connectivity index (χ1n) is 10.8. The van der Waals surface area contributed by atoms with Crippen LogP contribution in [0.5, 0.6) is 11.6 Å². The maximum atomic E-state index is 13.2. The molecule has 0 radical (unpaired) electrons. The summed E-state index contributed by atoms with van der Waals surface area (Å²) in [7, 11) is 0. The van der Waals surface area contributed by atoms with Gasteiger partial charge < -0.3 is 19.7 Å². The molecule has 4 aromatic rings. The van der Waals surface area contributed by atoms with Crippen LogP contribution < -0.4 is 9.64 Å². The number of ether oxygens (including phenoxy) is 1. The molecule has 1 fully saturated rings. The van der Waals surface area contributed by atoms with Crippen molar-refractivity contribution >= 4 is 22.3 Å². The first-order chi connectivity index (χ1) is 16.2. The SMILES string of the molecule is O/N=C(/c1ccc(Oc2ccc3ccccc3c2)nc1)N1CCN(c2ccc(F)cc2)CC1. The Bertz CT molecular complexity index is 1270. The van der Waals surface area contributed by atoms with Crippen molar-refractivity contribution < 1.29 is 14.3 Å². The molecule has 0 bridgehead atoms. The maximum Gasteiger partial charge on any atom is 0.219 e. The fourth-order valence-corrected chi connectivity index (χ4v) is 4.06. The lowest BCUT2D eigenvalue weighted by molar-refractivity contribution is 0.296. The number of aromatic nitrogens is 1. The van der Waals surface area contributed by atoms with E-state index < -0.39 is 0 Å². The van der Waals surface area contributed by atoms with E-state index in [2.05, 4.69) is 21.1 Å². The van der Waals surface area contributed by atoms with E-state index in [0.29, 0.717) is 36.1 Å². The first kappa shape index (κ1) is 20.8. The first-order valence-corrected chi connectivity index (χ1v) is 10.8. The van der Waals surface area contributed by atoms with Crippen LogP contribution in [0, 0.1) is 5.82 Å². The Balaban J connectivity index is 1.24. The summed E-state index contributed by atoms with van der Waals surface area (Å²) in [4.78, 5) is 8.60. The van der Waals surface area contributed by atoms with E-state index in [-0.39, 0.29) is 5.82 Å². The molecule has 7 heteroatoms. The Morgan fingerprint density at radius 2 is 1.64 bits per heavy atom. The monoisotopic (exact) mass is 442 g/mol. The molecule has 0 saturated carbocycles. The summed E-state index contributed by atoms with van der Waals surface area (Å²) in [5.74, 6) is 1.40. The van der Waals surface area contributed by atoms with E-state index in [1.807, 2.05) is 47.4 Å². The van der Waals surface area contributed by atoms with Gasteiger partial charge in [-0.3, -0.25) is 0 Å². The summed E-state index contributed by atoms with van der Waals surface area (Å²) < 4.78 is 19.1. The van der Waals surface area contributed by atoms with Crippen molar-refractivity contribution in [1.29, 1.82) is 0 Å². The number of hydrogen-bond donors (Lipinski definition) is 1. The molecule has 0 amide bonds. The van der Waals surface area contributed by atoms with Crippen LogP contribution in [0.1, 0.15) is 5.56 Å². The van der Waals surface area contributed by atoms with Crippen LogP contribution in [0.2, 0.25) is 0 Å². The van der Waals surface area contributed by atoms with Gasteiger partial charge in [0, 0.05) is 49.7 Å². The van der Waals surface area contributed by atoms with E-state index in [0.717, 1.165) is 29.5 Å². The quantitative estimate of drug-likeness (QED) is 0.206. The van der Waals surface area contributed by atoms with Crippen LogP contribution in [0.25, 0.3) is 10.8 Å². The minimum atomic E-state index is -0.243. The standard InChI is InChI=1S/C26H23FN4O2/c27-22-7-9-23(10-8-22)30-13-15-31(16-14-30)26(29-32)21-6-12-25(28-18-21)33-24-11-5-19-3-1-2-4-20(19)17-24/h1-12,17-18,32H,13-16H2/b29-26-. The molecule has 3 aromatic carbocycles. The molecule has 2 heterocycles. The fraction of sp³-hybridized carbons (Fsp3) is 0.154. The zero-order valence-corrected chi connectivity index (χ0v) is 17.9. The zero-order chi connectivity index (χ0) is 22.6. The number of anilines is 1. The number of hydrogen-bond acceptors (Lipinski definition) is 5. The van der Waals surface area contributed by atoms with E-state index in [9.17, 15) is 9.60 Å². The lowest BCUT2D eigenvalue weighted by Gasteiger charge is -2.37. The molecular weight excluding hydrogens is 419 g/mol.